The van der Waals surface area contributed by atoms with E-state index in [-0.39, 0.29) is 16.2 Å². The molecule has 2 amide bonds. The molecule has 0 aromatic heterocycles. The summed E-state index contributed by atoms with van der Waals surface area (Å²) < 4.78 is 0. The van der Waals surface area contributed by atoms with Gasteiger partial charge in [-0.05, 0) is 93.4 Å². The summed E-state index contributed by atoms with van der Waals surface area (Å²) in [5.41, 5.74) is 0.652. The van der Waals surface area contributed by atoms with Gasteiger partial charge >= 0.3 is 0 Å². The van der Waals surface area contributed by atoms with Crippen LogP contribution >= 0.6 is 23.4 Å². The third kappa shape index (κ3) is 3.33. The Morgan fingerprint density at radius 1 is 0.903 bits per heavy atom. The number of benzene rings is 1. The van der Waals surface area contributed by atoms with E-state index in [1.807, 2.05) is 23.9 Å². The average molecular weight is 459 g/mol. The van der Waals surface area contributed by atoms with Gasteiger partial charge in [-0.3, -0.25) is 9.59 Å². The van der Waals surface area contributed by atoms with Crippen LogP contribution < -0.4 is 0 Å². The Balaban J connectivity index is 1.16. The fourth-order valence-electron chi connectivity index (χ4n) is 7.82. The van der Waals surface area contributed by atoms with Gasteiger partial charge in [0, 0.05) is 36.0 Å². The maximum Gasteiger partial charge on any atom is 0.254 e. The largest absolute Gasteiger partial charge is 0.342 e. The number of carbonyl (C=O) groups is 2. The van der Waals surface area contributed by atoms with Crippen molar-refractivity contribution in [3.8, 4) is 0 Å². The van der Waals surface area contributed by atoms with Gasteiger partial charge in [0.1, 0.15) is 0 Å². The van der Waals surface area contributed by atoms with E-state index in [1.165, 1.54) is 19.3 Å². The van der Waals surface area contributed by atoms with Gasteiger partial charge in [0.05, 0.1) is 10.3 Å². The van der Waals surface area contributed by atoms with E-state index in [2.05, 4.69) is 9.80 Å². The van der Waals surface area contributed by atoms with Crippen LogP contribution in [0.25, 0.3) is 0 Å². The van der Waals surface area contributed by atoms with E-state index in [9.17, 15) is 9.59 Å². The predicted molar refractivity (Wildman–Crippen MR) is 124 cm³/mol. The maximum absolute atomic E-state index is 13.7. The van der Waals surface area contributed by atoms with Gasteiger partial charge in [-0.2, -0.15) is 0 Å². The second kappa shape index (κ2) is 7.41. The van der Waals surface area contributed by atoms with Crippen LogP contribution in [-0.4, -0.2) is 51.9 Å². The molecule has 0 radical (unpaired) electrons. The summed E-state index contributed by atoms with van der Waals surface area (Å²) in [5.74, 6) is 3.91. The molecule has 4 aliphatic carbocycles. The average Bonchev–Trinajstić information content (AvgIpc) is 3.16. The molecule has 4 bridgehead atoms. The molecule has 6 heteroatoms. The van der Waals surface area contributed by atoms with E-state index in [1.54, 1.807) is 12.1 Å². The number of nitrogens with zero attached hydrogens (tertiary/aromatic N) is 2. The lowest BCUT2D eigenvalue weighted by molar-refractivity contribution is -0.159. The van der Waals surface area contributed by atoms with Gasteiger partial charge in [0.25, 0.3) is 5.91 Å². The van der Waals surface area contributed by atoms with Crippen molar-refractivity contribution in [2.75, 3.05) is 25.4 Å². The molecule has 2 saturated heterocycles. The van der Waals surface area contributed by atoms with Gasteiger partial charge < -0.3 is 9.80 Å². The monoisotopic (exact) mass is 458 g/mol. The molecule has 2 heterocycles. The molecule has 0 unspecified atom stereocenters. The van der Waals surface area contributed by atoms with Crippen molar-refractivity contribution >= 4 is 35.2 Å². The van der Waals surface area contributed by atoms with Crippen LogP contribution in [0.15, 0.2) is 24.3 Å². The Morgan fingerprint density at radius 3 is 2.06 bits per heavy atom. The number of carbonyl (C=O) groups excluding carboxylic acids is 2. The van der Waals surface area contributed by atoms with Crippen molar-refractivity contribution in [2.45, 2.75) is 56.2 Å². The zero-order chi connectivity index (χ0) is 21.2. The van der Waals surface area contributed by atoms with Crippen LogP contribution in [0.2, 0.25) is 5.02 Å². The van der Waals surface area contributed by atoms with Crippen molar-refractivity contribution in [1.29, 1.82) is 0 Å². The lowest BCUT2D eigenvalue weighted by atomic mass is 9.49. The molecule has 6 fully saturated rings. The van der Waals surface area contributed by atoms with Crippen LogP contribution in [0.1, 0.15) is 61.7 Å². The first-order valence-electron chi connectivity index (χ1n) is 12.0. The highest BCUT2D eigenvalue weighted by Crippen LogP contribution is 2.61. The molecule has 1 spiro atoms. The molecular formula is C25H31ClN2O2S. The molecule has 6 aliphatic rings. The molecule has 1 aromatic carbocycles. The van der Waals surface area contributed by atoms with E-state index in [0.29, 0.717) is 16.5 Å². The van der Waals surface area contributed by atoms with E-state index >= 15 is 0 Å². The third-order valence-electron chi connectivity index (χ3n) is 8.84. The van der Waals surface area contributed by atoms with Crippen LogP contribution in [0.3, 0.4) is 0 Å². The van der Waals surface area contributed by atoms with Crippen molar-refractivity contribution in [3.63, 3.8) is 0 Å². The molecule has 1 aromatic rings. The lowest BCUT2D eigenvalue weighted by Crippen LogP contribution is -2.58. The first kappa shape index (κ1) is 20.4. The Labute approximate surface area is 194 Å². The van der Waals surface area contributed by atoms with Gasteiger partial charge in [-0.15, -0.1) is 11.8 Å². The van der Waals surface area contributed by atoms with Crippen LogP contribution in [0.4, 0.5) is 0 Å². The number of halogens is 1. The van der Waals surface area contributed by atoms with Crippen molar-refractivity contribution in [1.82, 2.24) is 9.80 Å². The fraction of sp³-hybridized carbons (Fsp3) is 0.680. The third-order valence-corrected chi connectivity index (χ3v) is 10.6. The summed E-state index contributed by atoms with van der Waals surface area (Å²) in [7, 11) is 0. The summed E-state index contributed by atoms with van der Waals surface area (Å²) >= 11 is 7.92. The summed E-state index contributed by atoms with van der Waals surface area (Å²) in [4.78, 5) is 31.1. The molecule has 0 N–H and O–H groups in total. The summed E-state index contributed by atoms with van der Waals surface area (Å²) in [6.45, 7) is 2.37. The standard InChI is InChI=1S/C25H31ClN2O2S/c26-21-3-1-20(2-4-21)22(29)28-9-10-31-25(28)5-7-27(8-6-25)23(30)24-14-17-11-18(15-24)13-19(12-17)16-24/h1-4,17-19H,5-16H2. The van der Waals surface area contributed by atoms with E-state index in [0.717, 1.165) is 75.2 Å². The van der Waals surface area contributed by atoms with Crippen molar-refractivity contribution < 1.29 is 9.59 Å². The Bertz CT molecular complexity index is 858. The zero-order valence-corrected chi connectivity index (χ0v) is 19.6. The number of piperidine rings is 1. The van der Waals surface area contributed by atoms with Gasteiger partial charge in [-0.1, -0.05) is 11.6 Å². The molecule has 2 aliphatic heterocycles. The topological polar surface area (TPSA) is 40.6 Å². The summed E-state index contributed by atoms with van der Waals surface area (Å²) in [5, 5.41) is 0.651. The lowest BCUT2D eigenvalue weighted by Gasteiger charge is -2.57. The quantitative estimate of drug-likeness (QED) is 0.621. The summed E-state index contributed by atoms with van der Waals surface area (Å²) in [6.07, 6.45) is 9.28. The van der Waals surface area contributed by atoms with Crippen LogP contribution in [0.5, 0.6) is 0 Å². The first-order valence-corrected chi connectivity index (χ1v) is 13.3. The second-order valence-corrected chi connectivity index (χ2v) is 12.6. The van der Waals surface area contributed by atoms with E-state index in [4.69, 9.17) is 11.6 Å². The number of amides is 2. The normalized spacial score (nSPS) is 35.7. The molecule has 166 valence electrons. The van der Waals surface area contributed by atoms with Gasteiger partial charge in [0.15, 0.2) is 0 Å². The highest BCUT2D eigenvalue weighted by molar-refractivity contribution is 8.00. The highest BCUT2D eigenvalue weighted by Gasteiger charge is 2.56. The minimum atomic E-state index is -0.158. The molecular weight excluding hydrogens is 428 g/mol. The van der Waals surface area contributed by atoms with Gasteiger partial charge in [-0.25, -0.2) is 0 Å². The SMILES string of the molecule is O=C(c1ccc(Cl)cc1)N1CCSC12CCN(C(=O)C13CC4CC(CC(C4)C1)C3)CC2. The zero-order valence-electron chi connectivity index (χ0n) is 18.0. The van der Waals surface area contributed by atoms with Crippen LogP contribution in [0, 0.1) is 23.2 Å². The molecule has 31 heavy (non-hydrogen) atoms. The molecule has 0 atom stereocenters. The number of hydrogen-bond donors (Lipinski definition) is 0. The highest BCUT2D eigenvalue weighted by atomic mass is 35.5. The first-order chi connectivity index (χ1) is 15.0. The Hall–Kier alpha value is -1.20. The Kier molecular flexibility index (Phi) is 4.88. The minimum absolute atomic E-state index is 0.0547. The van der Waals surface area contributed by atoms with Crippen molar-refractivity contribution in [2.24, 2.45) is 23.2 Å². The molecule has 7 rings (SSSR count). The number of hydrogen-bond acceptors (Lipinski definition) is 3. The van der Waals surface area contributed by atoms with Gasteiger partial charge in [0.2, 0.25) is 5.91 Å². The molecule has 4 saturated carbocycles. The van der Waals surface area contributed by atoms with Crippen molar-refractivity contribution in [3.05, 3.63) is 34.9 Å². The Morgan fingerprint density at radius 2 is 1.48 bits per heavy atom. The number of likely N-dealkylation sites (tertiary alicyclic amines) is 1. The second-order valence-electron chi connectivity index (χ2n) is 10.7. The van der Waals surface area contributed by atoms with Crippen LogP contribution in [-0.2, 0) is 4.79 Å². The summed E-state index contributed by atoms with van der Waals surface area (Å²) in [6, 6.07) is 7.23. The fourth-order valence-corrected chi connectivity index (χ4v) is 9.41. The number of rotatable bonds is 2. The smallest absolute Gasteiger partial charge is 0.254 e. The maximum atomic E-state index is 13.7. The minimum Gasteiger partial charge on any atom is -0.342 e. The predicted octanol–water partition coefficient (Wildman–Crippen LogP) is 5.06. The van der Waals surface area contributed by atoms with E-state index < -0.39 is 0 Å². The number of thioether (sulfide) groups is 1. The molecule has 4 nitrogen and oxygen atoms in total.